The first-order valence-electron chi connectivity index (χ1n) is 12.8. The van der Waals surface area contributed by atoms with Crippen molar-refractivity contribution in [2.24, 2.45) is 22.3 Å². The van der Waals surface area contributed by atoms with Gasteiger partial charge in [0.05, 0.1) is 10.8 Å². The first kappa shape index (κ1) is 37.1. The van der Waals surface area contributed by atoms with Crippen molar-refractivity contribution in [3.63, 3.8) is 0 Å². The molecule has 0 bridgehead atoms. The molecular formula is C26H54N2O4Pt. The fraction of sp³-hybridized carbons (Fsp3) is 0.923. The summed E-state index contributed by atoms with van der Waals surface area (Å²) in [6.45, 7) is 11.5. The predicted octanol–water partition coefficient (Wildman–Crippen LogP) is 6.35. The van der Waals surface area contributed by atoms with Gasteiger partial charge in [0.15, 0.2) is 0 Å². The third kappa shape index (κ3) is 20.6. The van der Waals surface area contributed by atoms with Gasteiger partial charge >= 0.3 is 11.9 Å². The number of carboxylic acid groups (broad SMARTS) is 2. The van der Waals surface area contributed by atoms with Gasteiger partial charge in [-0.2, -0.15) is 0 Å². The van der Waals surface area contributed by atoms with E-state index in [4.69, 9.17) is 21.7 Å². The summed E-state index contributed by atoms with van der Waals surface area (Å²) < 4.78 is 0. The van der Waals surface area contributed by atoms with Crippen LogP contribution in [0.15, 0.2) is 0 Å². The monoisotopic (exact) mass is 653 g/mol. The summed E-state index contributed by atoms with van der Waals surface area (Å²) in [5.41, 5.74) is 10.2. The van der Waals surface area contributed by atoms with Crippen LogP contribution >= 0.6 is 0 Å². The van der Waals surface area contributed by atoms with Gasteiger partial charge in [-0.05, 0) is 53.4 Å². The second kappa shape index (κ2) is 20.9. The Kier molecular flexibility index (Phi) is 23.5. The molecule has 1 fully saturated rings. The fourth-order valence-corrected chi connectivity index (χ4v) is 3.39. The number of carbonyl (C=O) groups is 2. The topological polar surface area (TPSA) is 127 Å². The second-order valence-corrected chi connectivity index (χ2v) is 10.6. The minimum Gasteiger partial charge on any atom is -0.481 e. The SMILES string of the molecule is CCCCCCC(C)(C)C(=O)O.CCCCCCC(C)(C)C(=O)O.NC1CCCCC1N.[Pt]. The molecule has 2 atom stereocenters. The van der Waals surface area contributed by atoms with E-state index in [0.717, 1.165) is 51.4 Å². The van der Waals surface area contributed by atoms with E-state index < -0.39 is 22.8 Å². The second-order valence-electron chi connectivity index (χ2n) is 10.6. The van der Waals surface area contributed by atoms with Gasteiger partial charge in [0, 0.05) is 33.1 Å². The Balaban J connectivity index is -0.000000410. The molecule has 33 heavy (non-hydrogen) atoms. The molecule has 1 aliphatic rings. The molecule has 0 amide bonds. The number of hydrogen-bond donors (Lipinski definition) is 4. The van der Waals surface area contributed by atoms with Crippen molar-refractivity contribution in [2.75, 3.05) is 0 Å². The van der Waals surface area contributed by atoms with Crippen LogP contribution in [0.25, 0.3) is 0 Å². The van der Waals surface area contributed by atoms with Crippen molar-refractivity contribution in [1.29, 1.82) is 0 Å². The molecule has 0 aliphatic heterocycles. The average Bonchev–Trinajstić information content (AvgIpc) is 2.71. The molecular weight excluding hydrogens is 599 g/mol. The molecule has 1 saturated carbocycles. The molecule has 6 N–H and O–H groups in total. The Morgan fingerprint density at radius 2 is 1.00 bits per heavy atom. The van der Waals surface area contributed by atoms with Crippen LogP contribution in [0.1, 0.15) is 131 Å². The van der Waals surface area contributed by atoms with Gasteiger partial charge in [0.25, 0.3) is 0 Å². The summed E-state index contributed by atoms with van der Waals surface area (Å²) >= 11 is 0. The van der Waals surface area contributed by atoms with Crippen molar-refractivity contribution in [2.45, 2.75) is 144 Å². The van der Waals surface area contributed by atoms with E-state index in [1.54, 1.807) is 27.7 Å². The van der Waals surface area contributed by atoms with E-state index in [9.17, 15) is 9.59 Å². The zero-order valence-corrected chi connectivity index (χ0v) is 24.5. The molecule has 0 spiro atoms. The number of aliphatic carboxylic acids is 2. The van der Waals surface area contributed by atoms with Crippen LogP contribution in [0.4, 0.5) is 0 Å². The van der Waals surface area contributed by atoms with Gasteiger partial charge in [-0.25, -0.2) is 0 Å². The standard InChI is InChI=1S/2C10H20O2.C6H14N2.Pt/c2*1-4-5-6-7-8-10(2,3)9(11)12;7-5-3-1-2-4-6(5)8;/h2*4-8H2,1-3H3,(H,11,12);5-6H,1-4,7-8H2;. The number of carboxylic acids is 2. The number of rotatable bonds is 12. The van der Waals surface area contributed by atoms with Crippen LogP contribution in [0, 0.1) is 10.8 Å². The maximum atomic E-state index is 10.7. The maximum absolute atomic E-state index is 10.7. The zero-order chi connectivity index (χ0) is 25.2. The molecule has 0 aromatic rings. The first-order valence-corrected chi connectivity index (χ1v) is 12.8. The molecule has 0 aromatic heterocycles. The third-order valence-electron chi connectivity index (χ3n) is 6.34. The molecule has 0 radical (unpaired) electrons. The quantitative estimate of drug-likeness (QED) is 0.182. The third-order valence-corrected chi connectivity index (χ3v) is 6.34. The smallest absolute Gasteiger partial charge is 0.309 e. The molecule has 1 rings (SSSR count). The molecule has 0 saturated heterocycles. The Hall–Kier alpha value is -0.452. The van der Waals surface area contributed by atoms with E-state index in [2.05, 4.69) is 13.8 Å². The van der Waals surface area contributed by atoms with Crippen molar-refractivity contribution in [3.05, 3.63) is 0 Å². The molecule has 202 valence electrons. The van der Waals surface area contributed by atoms with Crippen molar-refractivity contribution in [3.8, 4) is 0 Å². The predicted molar refractivity (Wildman–Crippen MR) is 135 cm³/mol. The van der Waals surface area contributed by atoms with Crippen LogP contribution in [0.3, 0.4) is 0 Å². The van der Waals surface area contributed by atoms with E-state index >= 15 is 0 Å². The fourth-order valence-electron chi connectivity index (χ4n) is 3.39. The number of unbranched alkanes of at least 4 members (excludes halogenated alkanes) is 6. The molecule has 1 aliphatic carbocycles. The van der Waals surface area contributed by atoms with Crippen LogP contribution in [0.5, 0.6) is 0 Å². The summed E-state index contributed by atoms with van der Waals surface area (Å²) in [6.07, 6.45) is 15.6. The summed E-state index contributed by atoms with van der Waals surface area (Å²) in [5.74, 6) is -1.36. The van der Waals surface area contributed by atoms with Crippen LogP contribution < -0.4 is 11.5 Å². The average molecular weight is 654 g/mol. The maximum Gasteiger partial charge on any atom is 0.309 e. The zero-order valence-electron chi connectivity index (χ0n) is 22.2. The number of hydrogen-bond acceptors (Lipinski definition) is 4. The molecule has 0 heterocycles. The van der Waals surface area contributed by atoms with Gasteiger partial charge < -0.3 is 21.7 Å². The summed E-state index contributed by atoms with van der Waals surface area (Å²) in [4.78, 5) is 21.4. The van der Waals surface area contributed by atoms with Gasteiger partial charge in [-0.1, -0.05) is 78.1 Å². The minimum atomic E-state index is -0.681. The number of nitrogens with two attached hydrogens (primary N) is 2. The van der Waals surface area contributed by atoms with Gasteiger partial charge in [-0.3, -0.25) is 9.59 Å². The van der Waals surface area contributed by atoms with Crippen LogP contribution in [-0.2, 0) is 30.7 Å². The Labute approximate surface area is 218 Å². The van der Waals surface area contributed by atoms with Gasteiger partial charge in [0.2, 0.25) is 0 Å². The van der Waals surface area contributed by atoms with Crippen LogP contribution in [0.2, 0.25) is 0 Å². The first-order chi connectivity index (χ1) is 14.8. The van der Waals surface area contributed by atoms with Crippen molar-refractivity contribution in [1.82, 2.24) is 0 Å². The summed E-state index contributed by atoms with van der Waals surface area (Å²) in [7, 11) is 0. The van der Waals surface area contributed by atoms with Crippen LogP contribution in [-0.4, -0.2) is 34.2 Å². The Bertz CT molecular complexity index is 455. The largest absolute Gasteiger partial charge is 0.481 e. The van der Waals surface area contributed by atoms with Crippen molar-refractivity contribution >= 4 is 11.9 Å². The van der Waals surface area contributed by atoms with Crippen molar-refractivity contribution < 1.29 is 40.9 Å². The van der Waals surface area contributed by atoms with E-state index in [-0.39, 0.29) is 33.1 Å². The molecule has 2 unspecified atom stereocenters. The normalized spacial score (nSPS) is 18.1. The van der Waals surface area contributed by atoms with E-state index in [1.807, 2.05) is 0 Å². The van der Waals surface area contributed by atoms with E-state index in [1.165, 1.54) is 38.5 Å². The molecule has 6 nitrogen and oxygen atoms in total. The van der Waals surface area contributed by atoms with E-state index in [0.29, 0.717) is 0 Å². The summed E-state index contributed by atoms with van der Waals surface area (Å²) in [6, 6.07) is 0.562. The summed E-state index contributed by atoms with van der Waals surface area (Å²) in [5, 5.41) is 17.6. The molecule has 7 heteroatoms. The molecule has 0 aromatic carbocycles. The Morgan fingerprint density at radius 1 is 0.697 bits per heavy atom. The van der Waals surface area contributed by atoms with Gasteiger partial charge in [0.1, 0.15) is 0 Å². The minimum absolute atomic E-state index is 0. The Morgan fingerprint density at radius 3 is 1.21 bits per heavy atom. The van der Waals surface area contributed by atoms with Gasteiger partial charge in [-0.15, -0.1) is 0 Å².